The molecular weight excluding hydrogens is 349 g/mol. The molecule has 140 valence electrons. The molecule has 1 unspecified atom stereocenters. The molecule has 1 atom stereocenters. The maximum absolute atomic E-state index is 12.8. The van der Waals surface area contributed by atoms with Crippen molar-refractivity contribution in [2.75, 3.05) is 18.5 Å². The molecule has 0 bridgehead atoms. The van der Waals surface area contributed by atoms with E-state index in [0.717, 1.165) is 25.0 Å². The van der Waals surface area contributed by atoms with E-state index in [0.29, 0.717) is 18.9 Å². The molecule has 0 radical (unpaired) electrons. The SMILES string of the molecule is NC(C(=O)Nc1cnn(-c2cccc(C(F)(F)F)c2)c1)C1CCOCC1. The molecule has 0 aliphatic carbocycles. The maximum atomic E-state index is 12.8. The predicted molar refractivity (Wildman–Crippen MR) is 88.7 cm³/mol. The Labute approximate surface area is 148 Å². The molecular formula is C17H19F3N4O2. The monoisotopic (exact) mass is 368 g/mol. The average Bonchev–Trinajstić information content (AvgIpc) is 3.09. The molecule has 2 aromatic rings. The van der Waals surface area contributed by atoms with Crippen LogP contribution in [0, 0.1) is 5.92 Å². The van der Waals surface area contributed by atoms with Gasteiger partial charge in [0.1, 0.15) is 0 Å². The van der Waals surface area contributed by atoms with Crippen molar-refractivity contribution < 1.29 is 22.7 Å². The molecule has 9 heteroatoms. The Morgan fingerprint density at radius 3 is 2.77 bits per heavy atom. The smallest absolute Gasteiger partial charge is 0.381 e. The van der Waals surface area contributed by atoms with Crippen molar-refractivity contribution in [2.24, 2.45) is 11.7 Å². The van der Waals surface area contributed by atoms with Crippen LogP contribution in [0.5, 0.6) is 0 Å². The van der Waals surface area contributed by atoms with Crippen LogP contribution in [-0.2, 0) is 15.7 Å². The van der Waals surface area contributed by atoms with Crippen LogP contribution in [0.25, 0.3) is 5.69 Å². The second-order valence-corrected chi connectivity index (χ2v) is 6.19. The average molecular weight is 368 g/mol. The Kier molecular flexibility index (Phi) is 5.28. The summed E-state index contributed by atoms with van der Waals surface area (Å²) >= 11 is 0. The second-order valence-electron chi connectivity index (χ2n) is 6.19. The summed E-state index contributed by atoms with van der Waals surface area (Å²) in [5, 5.41) is 6.67. The number of anilines is 1. The molecule has 1 saturated heterocycles. The Bertz CT molecular complexity index is 769. The van der Waals surface area contributed by atoms with Crippen molar-refractivity contribution in [3.63, 3.8) is 0 Å². The number of carbonyl (C=O) groups is 1. The van der Waals surface area contributed by atoms with Crippen LogP contribution in [0.15, 0.2) is 36.7 Å². The van der Waals surface area contributed by atoms with Gasteiger partial charge in [-0.05, 0) is 37.0 Å². The maximum Gasteiger partial charge on any atom is 0.416 e. The number of nitrogens with zero attached hydrogens (tertiary/aromatic N) is 2. The number of aromatic nitrogens is 2. The molecule has 1 aliphatic rings. The van der Waals surface area contributed by atoms with E-state index in [9.17, 15) is 18.0 Å². The highest BCUT2D eigenvalue weighted by atomic mass is 19.4. The number of rotatable bonds is 4. The lowest BCUT2D eigenvalue weighted by Gasteiger charge is -2.26. The van der Waals surface area contributed by atoms with E-state index in [2.05, 4.69) is 10.4 Å². The standard InChI is InChI=1S/C17H19F3N4O2/c18-17(19,20)12-2-1-3-14(8-12)24-10-13(9-22-24)23-16(25)15(21)11-4-6-26-7-5-11/h1-3,8-11,15H,4-7,21H2,(H,23,25). The Balaban J connectivity index is 1.69. The third-order valence-corrected chi connectivity index (χ3v) is 4.36. The van der Waals surface area contributed by atoms with Crippen LogP contribution >= 0.6 is 0 Å². The number of amides is 1. The highest BCUT2D eigenvalue weighted by molar-refractivity contribution is 5.94. The highest BCUT2D eigenvalue weighted by Crippen LogP contribution is 2.30. The van der Waals surface area contributed by atoms with E-state index < -0.39 is 17.8 Å². The molecule has 26 heavy (non-hydrogen) atoms. The van der Waals surface area contributed by atoms with Gasteiger partial charge < -0.3 is 15.8 Å². The summed E-state index contributed by atoms with van der Waals surface area (Å²) in [4.78, 5) is 12.3. The number of benzene rings is 1. The summed E-state index contributed by atoms with van der Waals surface area (Å²) in [5.74, 6) is -0.303. The van der Waals surface area contributed by atoms with E-state index in [1.54, 1.807) is 0 Å². The summed E-state index contributed by atoms with van der Waals surface area (Å²) in [6.07, 6.45) is -0.175. The van der Waals surface area contributed by atoms with Gasteiger partial charge in [-0.15, -0.1) is 0 Å². The minimum Gasteiger partial charge on any atom is -0.381 e. The zero-order chi connectivity index (χ0) is 18.7. The summed E-state index contributed by atoms with van der Waals surface area (Å²) < 4.78 is 45.0. The number of hydrogen-bond donors (Lipinski definition) is 2. The van der Waals surface area contributed by atoms with Gasteiger partial charge in [0.05, 0.1) is 35.4 Å². The van der Waals surface area contributed by atoms with Gasteiger partial charge in [0.25, 0.3) is 0 Å². The summed E-state index contributed by atoms with van der Waals surface area (Å²) in [6, 6.07) is 4.12. The fourth-order valence-corrected chi connectivity index (χ4v) is 2.87. The highest BCUT2D eigenvalue weighted by Gasteiger charge is 2.30. The van der Waals surface area contributed by atoms with Gasteiger partial charge in [-0.1, -0.05) is 6.07 Å². The van der Waals surface area contributed by atoms with Crippen molar-refractivity contribution in [1.29, 1.82) is 0 Å². The normalized spacial score (nSPS) is 17.1. The Morgan fingerprint density at radius 1 is 1.35 bits per heavy atom. The number of halogens is 3. The van der Waals surface area contributed by atoms with Crippen LogP contribution in [-0.4, -0.2) is 34.9 Å². The third kappa shape index (κ3) is 4.23. The van der Waals surface area contributed by atoms with E-state index >= 15 is 0 Å². The van der Waals surface area contributed by atoms with Crippen molar-refractivity contribution >= 4 is 11.6 Å². The van der Waals surface area contributed by atoms with Crippen molar-refractivity contribution in [3.8, 4) is 5.69 Å². The fourth-order valence-electron chi connectivity index (χ4n) is 2.87. The van der Waals surface area contributed by atoms with Crippen LogP contribution in [0.4, 0.5) is 18.9 Å². The van der Waals surface area contributed by atoms with Crippen LogP contribution in [0.1, 0.15) is 18.4 Å². The zero-order valence-electron chi connectivity index (χ0n) is 13.9. The number of nitrogens with one attached hydrogen (secondary N) is 1. The number of carbonyl (C=O) groups excluding carboxylic acids is 1. The first-order valence-corrected chi connectivity index (χ1v) is 8.21. The molecule has 0 saturated carbocycles. The van der Waals surface area contributed by atoms with Crippen LogP contribution < -0.4 is 11.1 Å². The topological polar surface area (TPSA) is 82.2 Å². The summed E-state index contributed by atoms with van der Waals surface area (Å²) in [5.41, 5.74) is 5.85. The van der Waals surface area contributed by atoms with Gasteiger partial charge >= 0.3 is 6.18 Å². The van der Waals surface area contributed by atoms with E-state index in [4.69, 9.17) is 10.5 Å². The van der Waals surface area contributed by atoms with Gasteiger partial charge in [0, 0.05) is 13.2 Å². The Hall–Kier alpha value is -2.39. The number of alkyl halides is 3. The quantitative estimate of drug-likeness (QED) is 0.869. The first-order chi connectivity index (χ1) is 12.3. The molecule has 6 nitrogen and oxygen atoms in total. The first-order valence-electron chi connectivity index (χ1n) is 8.21. The largest absolute Gasteiger partial charge is 0.416 e. The number of hydrogen-bond acceptors (Lipinski definition) is 4. The lowest BCUT2D eigenvalue weighted by Crippen LogP contribution is -2.43. The predicted octanol–water partition coefficient (Wildman–Crippen LogP) is 2.58. The molecule has 1 aliphatic heterocycles. The summed E-state index contributed by atoms with van der Waals surface area (Å²) in [6.45, 7) is 1.16. The van der Waals surface area contributed by atoms with E-state index in [1.165, 1.54) is 29.2 Å². The van der Waals surface area contributed by atoms with Gasteiger partial charge in [0.2, 0.25) is 5.91 Å². The van der Waals surface area contributed by atoms with Gasteiger partial charge in [-0.2, -0.15) is 18.3 Å². The van der Waals surface area contributed by atoms with E-state index in [1.807, 2.05) is 0 Å². The van der Waals surface area contributed by atoms with Crippen molar-refractivity contribution in [2.45, 2.75) is 25.1 Å². The molecule has 1 amide bonds. The molecule has 1 aromatic carbocycles. The number of nitrogens with two attached hydrogens (primary N) is 1. The second kappa shape index (κ2) is 7.46. The van der Waals surface area contributed by atoms with E-state index in [-0.39, 0.29) is 17.5 Å². The zero-order valence-corrected chi connectivity index (χ0v) is 13.9. The summed E-state index contributed by atoms with van der Waals surface area (Å²) in [7, 11) is 0. The molecule has 3 rings (SSSR count). The first kappa shape index (κ1) is 18.4. The third-order valence-electron chi connectivity index (χ3n) is 4.36. The Morgan fingerprint density at radius 2 is 2.08 bits per heavy atom. The van der Waals surface area contributed by atoms with Crippen molar-refractivity contribution in [1.82, 2.24) is 9.78 Å². The van der Waals surface area contributed by atoms with Crippen molar-refractivity contribution in [3.05, 3.63) is 42.2 Å². The van der Waals surface area contributed by atoms with Crippen LogP contribution in [0.2, 0.25) is 0 Å². The fraction of sp³-hybridized carbons (Fsp3) is 0.412. The van der Waals surface area contributed by atoms with Gasteiger partial charge in [0.15, 0.2) is 0 Å². The van der Waals surface area contributed by atoms with Crippen LogP contribution in [0.3, 0.4) is 0 Å². The minimum absolute atomic E-state index is 0.0438. The molecule has 3 N–H and O–H groups in total. The lowest BCUT2D eigenvalue weighted by molar-refractivity contribution is -0.137. The number of ether oxygens (including phenoxy) is 1. The molecule has 2 heterocycles. The lowest BCUT2D eigenvalue weighted by atomic mass is 9.92. The minimum atomic E-state index is -4.43. The molecule has 0 spiro atoms. The van der Waals surface area contributed by atoms with Gasteiger partial charge in [-0.3, -0.25) is 4.79 Å². The molecule has 1 aromatic heterocycles. The van der Waals surface area contributed by atoms with Gasteiger partial charge in [-0.25, -0.2) is 4.68 Å². The molecule has 1 fully saturated rings.